The van der Waals surface area contributed by atoms with Crippen molar-refractivity contribution in [1.82, 2.24) is 4.90 Å². The van der Waals surface area contributed by atoms with Crippen molar-refractivity contribution in [3.63, 3.8) is 0 Å². The summed E-state index contributed by atoms with van der Waals surface area (Å²) in [6, 6.07) is 22.9. The Morgan fingerprint density at radius 2 is 1.56 bits per heavy atom. The number of aliphatic hydroxyl groups is 1. The van der Waals surface area contributed by atoms with Gasteiger partial charge in [-0.05, 0) is 67.4 Å². The summed E-state index contributed by atoms with van der Waals surface area (Å²) in [6.45, 7) is 7.28. The van der Waals surface area contributed by atoms with Crippen molar-refractivity contribution in [3.05, 3.63) is 89.5 Å². The van der Waals surface area contributed by atoms with Crippen LogP contribution in [0.2, 0.25) is 18.6 Å². The van der Waals surface area contributed by atoms with Gasteiger partial charge in [-0.2, -0.15) is 0 Å². The second-order valence-corrected chi connectivity index (χ2v) is 19.1. The molecule has 3 fully saturated rings. The quantitative estimate of drug-likeness (QED) is 0.275. The lowest BCUT2D eigenvalue weighted by atomic mass is 9.82. The molecule has 52 heavy (non-hydrogen) atoms. The van der Waals surface area contributed by atoms with Crippen molar-refractivity contribution >= 4 is 49.0 Å². The van der Waals surface area contributed by atoms with E-state index in [4.69, 9.17) is 4.74 Å². The number of aliphatic hydroxyl groups excluding tert-OH is 1. The zero-order valence-electron chi connectivity index (χ0n) is 30.2. The number of hydrogen-bond donors (Lipinski definition) is 2. The Hall–Kier alpha value is -4.36. The minimum absolute atomic E-state index is 0.0245. The first kappa shape index (κ1) is 36.0. The summed E-state index contributed by atoms with van der Waals surface area (Å²) >= 11 is 0. The van der Waals surface area contributed by atoms with Crippen LogP contribution in [0.15, 0.2) is 72.8 Å². The summed E-state index contributed by atoms with van der Waals surface area (Å²) in [7, 11) is -3.08. The molecule has 7 rings (SSSR count). The molecule has 11 nitrogen and oxygen atoms in total. The molecule has 4 aliphatic rings. The maximum Gasteiger partial charge on any atom is 0.264 e. The Bertz CT molecular complexity index is 1870. The molecule has 12 heteroatoms. The van der Waals surface area contributed by atoms with E-state index in [-0.39, 0.29) is 49.7 Å². The molecule has 0 aromatic heterocycles. The van der Waals surface area contributed by atoms with Crippen molar-refractivity contribution < 1.29 is 33.8 Å². The largest absolute Gasteiger partial charge is 0.432 e. The number of hydrogen-bond acceptors (Lipinski definition) is 7. The standard InChI is InChI=1S/C40H48N4O7Si/c1-27-38(52(2,3)50)34(24-37(48)41(20-21-45)25-28-10-5-4-6-11-28)51-40(27)32-23-31(43-19-9-15-36(43)47)16-17-33(32)44(39(40)49)26-29-12-7-13-30(22-29)42-18-8-14-35(42)46/h4-7,10-13,16-17,22-23,27,34,38,45,50H,8-9,14-15,18-21,24-26H2,1-3H3/t27-,34+,38-,40+/m1/s1. The van der Waals surface area contributed by atoms with Crippen LogP contribution in [-0.4, -0.2) is 79.1 Å². The molecule has 0 saturated carbocycles. The number of nitrogens with zero attached hydrogens (tertiary/aromatic N) is 4. The van der Waals surface area contributed by atoms with E-state index >= 15 is 4.79 Å². The summed E-state index contributed by atoms with van der Waals surface area (Å²) in [4.78, 5) is 73.3. The van der Waals surface area contributed by atoms with Gasteiger partial charge in [0.15, 0.2) is 13.9 Å². The molecule has 4 heterocycles. The van der Waals surface area contributed by atoms with Crippen molar-refractivity contribution in [3.8, 4) is 0 Å². The number of carbonyl (C=O) groups excluding carboxylic acids is 4. The van der Waals surface area contributed by atoms with Crippen LogP contribution in [0.3, 0.4) is 0 Å². The highest BCUT2D eigenvalue weighted by atomic mass is 28.4. The Balaban J connectivity index is 1.26. The lowest BCUT2D eigenvalue weighted by molar-refractivity contribution is -0.150. The van der Waals surface area contributed by atoms with Gasteiger partial charge in [0.05, 0.1) is 31.4 Å². The lowest BCUT2D eigenvalue weighted by Gasteiger charge is -2.33. The number of amides is 4. The Morgan fingerprint density at radius 3 is 2.17 bits per heavy atom. The average Bonchev–Trinajstić information content (AvgIpc) is 3.87. The van der Waals surface area contributed by atoms with Gasteiger partial charge < -0.3 is 34.2 Å². The topological polar surface area (TPSA) is 131 Å². The summed E-state index contributed by atoms with van der Waals surface area (Å²) in [6.07, 6.45) is 1.68. The van der Waals surface area contributed by atoms with Crippen molar-refractivity contribution in [2.45, 2.75) is 82.5 Å². The van der Waals surface area contributed by atoms with Crippen LogP contribution in [0.4, 0.5) is 17.1 Å². The molecule has 3 aromatic rings. The number of anilines is 3. The highest BCUT2D eigenvalue weighted by molar-refractivity contribution is 6.71. The minimum atomic E-state index is -3.08. The number of carbonyl (C=O) groups is 4. The van der Waals surface area contributed by atoms with Crippen LogP contribution in [-0.2, 0) is 42.6 Å². The molecule has 0 aliphatic carbocycles. The maximum absolute atomic E-state index is 15.1. The third-order valence-electron chi connectivity index (χ3n) is 11.3. The summed E-state index contributed by atoms with van der Waals surface area (Å²) < 4.78 is 7.00. The van der Waals surface area contributed by atoms with E-state index in [9.17, 15) is 24.3 Å². The first-order chi connectivity index (χ1) is 24.9. The van der Waals surface area contributed by atoms with Gasteiger partial charge >= 0.3 is 0 Å². The zero-order valence-corrected chi connectivity index (χ0v) is 31.2. The normalized spacial score (nSPS) is 24.4. The van der Waals surface area contributed by atoms with Gasteiger partial charge in [-0.1, -0.05) is 49.4 Å². The predicted molar refractivity (Wildman–Crippen MR) is 200 cm³/mol. The van der Waals surface area contributed by atoms with Gasteiger partial charge in [-0.15, -0.1) is 0 Å². The summed E-state index contributed by atoms with van der Waals surface area (Å²) in [5.74, 6) is -0.914. The molecule has 3 aromatic carbocycles. The third-order valence-corrected chi connectivity index (χ3v) is 13.8. The molecule has 0 bridgehead atoms. The molecule has 1 spiro atoms. The Kier molecular flexibility index (Phi) is 9.85. The first-order valence-electron chi connectivity index (χ1n) is 18.4. The van der Waals surface area contributed by atoms with Gasteiger partial charge in [0, 0.05) is 67.4 Å². The van der Waals surface area contributed by atoms with Crippen LogP contribution in [0.25, 0.3) is 0 Å². The van der Waals surface area contributed by atoms with E-state index in [1.807, 2.05) is 92.8 Å². The first-order valence-corrected chi connectivity index (χ1v) is 21.4. The molecular weight excluding hydrogens is 677 g/mol. The second kappa shape index (κ2) is 14.2. The summed E-state index contributed by atoms with van der Waals surface area (Å²) in [5, 5.41) is 9.88. The Morgan fingerprint density at radius 1 is 0.904 bits per heavy atom. The zero-order chi connectivity index (χ0) is 36.8. The number of ether oxygens (including phenoxy) is 1. The molecule has 4 aliphatic heterocycles. The molecule has 274 valence electrons. The highest BCUT2D eigenvalue weighted by Gasteiger charge is 2.66. The van der Waals surface area contributed by atoms with Crippen LogP contribution in [0.5, 0.6) is 0 Å². The molecule has 4 atom stereocenters. The fourth-order valence-corrected chi connectivity index (χ4v) is 11.5. The van der Waals surface area contributed by atoms with Crippen LogP contribution < -0.4 is 14.7 Å². The SMILES string of the molecule is C[C@@H]1[C@@H]([Si](C)(C)O)[C@H](CC(=O)N(CCO)Cc2ccccc2)O[C@@]12C(=O)N(Cc1cccc(N3CCCC3=O)c1)c1ccc(N3CCCC3=O)cc12. The summed E-state index contributed by atoms with van der Waals surface area (Å²) in [5.41, 5.74) is 2.54. The molecular formula is C40H48N4O7Si. The number of fused-ring (bicyclic) bond motifs is 2. The smallest absolute Gasteiger partial charge is 0.264 e. The Labute approximate surface area is 305 Å². The molecule has 4 amide bonds. The number of rotatable bonds is 11. The maximum atomic E-state index is 15.1. The second-order valence-electron chi connectivity index (χ2n) is 15.1. The van der Waals surface area contributed by atoms with E-state index in [2.05, 4.69) is 0 Å². The fourth-order valence-electron chi connectivity index (χ4n) is 8.96. The van der Waals surface area contributed by atoms with E-state index in [0.29, 0.717) is 49.4 Å². The van der Waals surface area contributed by atoms with Crippen molar-refractivity contribution in [1.29, 1.82) is 0 Å². The van der Waals surface area contributed by atoms with Crippen molar-refractivity contribution in [2.24, 2.45) is 5.92 Å². The van der Waals surface area contributed by atoms with Gasteiger partial charge in [0.2, 0.25) is 17.7 Å². The van der Waals surface area contributed by atoms with Crippen LogP contribution in [0.1, 0.15) is 55.7 Å². The lowest BCUT2D eigenvalue weighted by Crippen LogP contribution is -2.46. The monoisotopic (exact) mass is 724 g/mol. The van der Waals surface area contributed by atoms with E-state index in [1.165, 1.54) is 0 Å². The number of benzene rings is 3. The van der Waals surface area contributed by atoms with Crippen LogP contribution in [0, 0.1) is 5.92 Å². The van der Waals surface area contributed by atoms with Crippen molar-refractivity contribution in [2.75, 3.05) is 40.9 Å². The highest BCUT2D eigenvalue weighted by Crippen LogP contribution is 2.60. The fraction of sp³-hybridized carbons (Fsp3) is 0.450. The molecule has 0 unspecified atom stereocenters. The molecule has 0 radical (unpaired) electrons. The predicted octanol–water partition coefficient (Wildman–Crippen LogP) is 4.70. The minimum Gasteiger partial charge on any atom is -0.432 e. The third kappa shape index (κ3) is 6.46. The van der Waals surface area contributed by atoms with E-state index < -0.39 is 31.5 Å². The molecule has 2 N–H and O–H groups in total. The van der Waals surface area contributed by atoms with Gasteiger partial charge in [0.25, 0.3) is 5.91 Å². The van der Waals surface area contributed by atoms with Crippen LogP contribution >= 0.6 is 0 Å². The van der Waals surface area contributed by atoms with Gasteiger partial charge in [-0.3, -0.25) is 19.2 Å². The molecule has 3 saturated heterocycles. The van der Waals surface area contributed by atoms with E-state index in [0.717, 1.165) is 29.7 Å². The van der Waals surface area contributed by atoms with Gasteiger partial charge in [-0.25, -0.2) is 0 Å². The average molecular weight is 725 g/mol. The van der Waals surface area contributed by atoms with Gasteiger partial charge in [0.1, 0.15) is 0 Å². The van der Waals surface area contributed by atoms with E-state index in [1.54, 1.807) is 19.6 Å².